The normalized spacial score (nSPS) is 19.7. The molecule has 0 radical (unpaired) electrons. The van der Waals surface area contributed by atoms with Crippen LogP contribution in [0, 0.1) is 6.92 Å². The molecule has 2 aromatic rings. The molecule has 2 aliphatic heterocycles. The van der Waals surface area contributed by atoms with E-state index < -0.39 is 0 Å². The van der Waals surface area contributed by atoms with Gasteiger partial charge < -0.3 is 20.7 Å². The van der Waals surface area contributed by atoms with Crippen LogP contribution in [0.4, 0.5) is 17.1 Å². The van der Waals surface area contributed by atoms with Crippen molar-refractivity contribution >= 4 is 29.4 Å². The molecular weight excluding hydrogens is 376 g/mol. The molecule has 4 rings (SSSR count). The molecule has 158 valence electrons. The van der Waals surface area contributed by atoms with Gasteiger partial charge in [-0.05, 0) is 49.7 Å². The Morgan fingerprint density at radius 2 is 1.83 bits per heavy atom. The van der Waals surface area contributed by atoms with E-state index in [4.69, 9.17) is 10.5 Å². The number of hydrogen-bond donors (Lipinski definition) is 2. The maximum Gasteiger partial charge on any atom is 0.199 e. The average Bonchev–Trinajstić information content (AvgIpc) is 2.72. The summed E-state index contributed by atoms with van der Waals surface area (Å²) in [4.78, 5) is 13.5. The molecule has 0 aliphatic carbocycles. The van der Waals surface area contributed by atoms with Crippen LogP contribution in [-0.4, -0.2) is 62.1 Å². The summed E-state index contributed by atoms with van der Waals surface area (Å²) < 4.78 is 5.43. The molecule has 7 nitrogen and oxygen atoms in total. The van der Waals surface area contributed by atoms with Crippen LogP contribution in [0.1, 0.15) is 12.5 Å². The lowest BCUT2D eigenvalue weighted by Gasteiger charge is -2.50. The summed E-state index contributed by atoms with van der Waals surface area (Å²) in [6.07, 6.45) is 1.47. The minimum absolute atomic E-state index is 0.220. The molecule has 0 atom stereocenters. The van der Waals surface area contributed by atoms with Gasteiger partial charge in [-0.15, -0.1) is 0 Å². The zero-order chi connectivity index (χ0) is 21.0. The predicted octanol–water partition coefficient (Wildman–Crippen LogP) is 2.99. The Kier molecular flexibility index (Phi) is 6.01. The summed E-state index contributed by atoms with van der Waals surface area (Å²) in [6.45, 7) is 10.2. The molecule has 0 aromatic heterocycles. The van der Waals surface area contributed by atoms with Gasteiger partial charge in [0.2, 0.25) is 0 Å². The number of aliphatic imine (C=N–C) groups is 2. The zero-order valence-electron chi connectivity index (χ0n) is 17.7. The van der Waals surface area contributed by atoms with Crippen molar-refractivity contribution in [2.75, 3.05) is 49.6 Å². The van der Waals surface area contributed by atoms with E-state index in [1.54, 1.807) is 0 Å². The molecule has 0 bridgehead atoms. The fourth-order valence-corrected chi connectivity index (χ4v) is 3.95. The Morgan fingerprint density at radius 3 is 2.50 bits per heavy atom. The van der Waals surface area contributed by atoms with E-state index in [2.05, 4.69) is 57.1 Å². The number of benzene rings is 2. The summed E-state index contributed by atoms with van der Waals surface area (Å²) in [7, 11) is 0. The predicted molar refractivity (Wildman–Crippen MR) is 124 cm³/mol. The highest BCUT2D eigenvalue weighted by Gasteiger charge is 2.40. The highest BCUT2D eigenvalue weighted by molar-refractivity contribution is 5.97. The van der Waals surface area contributed by atoms with Gasteiger partial charge in [-0.2, -0.15) is 0 Å². The van der Waals surface area contributed by atoms with Crippen molar-refractivity contribution in [1.82, 2.24) is 4.90 Å². The van der Waals surface area contributed by atoms with Crippen molar-refractivity contribution in [3.05, 3.63) is 54.1 Å². The second-order valence-electron chi connectivity index (χ2n) is 8.24. The first-order valence-corrected chi connectivity index (χ1v) is 10.4. The Bertz CT molecular complexity index is 915. The van der Waals surface area contributed by atoms with E-state index >= 15 is 0 Å². The molecule has 0 spiro atoms. The maximum atomic E-state index is 6.05. The van der Waals surface area contributed by atoms with Crippen molar-refractivity contribution in [2.24, 2.45) is 15.7 Å². The summed E-state index contributed by atoms with van der Waals surface area (Å²) in [5.74, 6) is 0.314. The largest absolute Gasteiger partial charge is 0.377 e. The molecule has 2 saturated heterocycles. The van der Waals surface area contributed by atoms with Crippen LogP contribution in [0.5, 0.6) is 0 Å². The van der Waals surface area contributed by atoms with Crippen molar-refractivity contribution in [2.45, 2.75) is 19.4 Å². The van der Waals surface area contributed by atoms with Gasteiger partial charge in [0.25, 0.3) is 0 Å². The summed E-state index contributed by atoms with van der Waals surface area (Å²) in [6, 6.07) is 16.1. The van der Waals surface area contributed by atoms with Gasteiger partial charge in [-0.3, -0.25) is 4.90 Å². The third-order valence-electron chi connectivity index (χ3n) is 5.73. The number of hydrogen-bond acceptors (Lipinski definition) is 4. The number of nitrogens with two attached hydrogens (primary N) is 1. The van der Waals surface area contributed by atoms with Gasteiger partial charge in [0, 0.05) is 37.6 Å². The summed E-state index contributed by atoms with van der Waals surface area (Å²) >= 11 is 0. The molecule has 2 heterocycles. The zero-order valence-corrected chi connectivity index (χ0v) is 17.7. The van der Waals surface area contributed by atoms with Crippen LogP contribution >= 0.6 is 0 Å². The average molecular weight is 407 g/mol. The Morgan fingerprint density at radius 1 is 1.10 bits per heavy atom. The highest BCUT2D eigenvalue weighted by atomic mass is 16.5. The maximum absolute atomic E-state index is 6.05. The van der Waals surface area contributed by atoms with Crippen LogP contribution in [0.2, 0.25) is 0 Å². The first-order chi connectivity index (χ1) is 14.5. The van der Waals surface area contributed by atoms with Crippen molar-refractivity contribution in [1.29, 1.82) is 0 Å². The van der Waals surface area contributed by atoms with E-state index in [0.29, 0.717) is 5.96 Å². The Labute approximate surface area is 178 Å². The first-order valence-electron chi connectivity index (χ1n) is 10.4. The topological polar surface area (TPSA) is 78.5 Å². The van der Waals surface area contributed by atoms with Crippen LogP contribution in [0.25, 0.3) is 0 Å². The van der Waals surface area contributed by atoms with E-state index in [-0.39, 0.29) is 5.54 Å². The van der Waals surface area contributed by atoms with Crippen molar-refractivity contribution in [3.63, 3.8) is 0 Å². The summed E-state index contributed by atoms with van der Waals surface area (Å²) in [5, 5.41) is 3.18. The highest BCUT2D eigenvalue weighted by Crippen LogP contribution is 2.28. The van der Waals surface area contributed by atoms with Crippen LogP contribution < -0.4 is 16.0 Å². The lowest BCUT2D eigenvalue weighted by Crippen LogP contribution is -2.64. The molecule has 2 fully saturated rings. The van der Waals surface area contributed by atoms with Gasteiger partial charge in [-0.25, -0.2) is 9.98 Å². The second-order valence-corrected chi connectivity index (χ2v) is 8.24. The number of nitrogens with zero attached hydrogens (tertiary/aromatic N) is 4. The van der Waals surface area contributed by atoms with Crippen molar-refractivity contribution in [3.8, 4) is 0 Å². The number of ether oxygens (including phenoxy) is 1. The summed E-state index contributed by atoms with van der Waals surface area (Å²) in [5.41, 5.74) is 10.4. The smallest absolute Gasteiger partial charge is 0.199 e. The number of rotatable bonds is 5. The van der Waals surface area contributed by atoms with E-state index in [1.807, 2.05) is 30.3 Å². The standard InChI is InChI=1S/C23H30N6O/c1-18-12-20(27-22(24)26-17-25-19-6-4-3-5-7-19)14-21(13-18)28-8-10-29(11-9-28)23(2)15-30-16-23/h3-7,12-14,17H,8-11,15-16H2,1-2H3,(H3,24,25,26,27). The number of para-hydroxylation sites is 1. The fraction of sp³-hybridized carbons (Fsp3) is 0.391. The van der Waals surface area contributed by atoms with Gasteiger partial charge in [0.05, 0.1) is 24.4 Å². The monoisotopic (exact) mass is 406 g/mol. The Hall–Kier alpha value is -2.90. The van der Waals surface area contributed by atoms with Crippen LogP contribution in [0.3, 0.4) is 0 Å². The van der Waals surface area contributed by atoms with Gasteiger partial charge >= 0.3 is 0 Å². The van der Waals surface area contributed by atoms with Gasteiger partial charge in [0.15, 0.2) is 5.96 Å². The van der Waals surface area contributed by atoms with Crippen molar-refractivity contribution < 1.29 is 4.74 Å². The molecule has 30 heavy (non-hydrogen) atoms. The molecule has 0 saturated carbocycles. The van der Waals surface area contributed by atoms with Gasteiger partial charge in [0.1, 0.15) is 6.34 Å². The SMILES string of the molecule is Cc1cc(NC(N)=NC=Nc2ccccc2)cc(N2CCN(C3(C)COC3)CC2)c1. The molecule has 3 N–H and O–H groups in total. The number of piperazine rings is 1. The third-order valence-corrected chi connectivity index (χ3v) is 5.73. The molecule has 7 heteroatoms. The van der Waals surface area contributed by atoms with E-state index in [9.17, 15) is 0 Å². The number of anilines is 2. The van der Waals surface area contributed by atoms with E-state index in [1.165, 1.54) is 17.6 Å². The van der Waals surface area contributed by atoms with Crippen LogP contribution in [-0.2, 0) is 4.74 Å². The molecule has 0 amide bonds. The fourth-order valence-electron chi connectivity index (χ4n) is 3.95. The molecular formula is C23H30N6O. The molecule has 2 aromatic carbocycles. The lowest BCUT2D eigenvalue weighted by atomic mass is 9.97. The quantitative estimate of drug-likeness (QED) is 0.590. The minimum atomic E-state index is 0.220. The number of guanidine groups is 1. The Balaban J connectivity index is 1.38. The third kappa shape index (κ3) is 4.80. The van der Waals surface area contributed by atoms with Gasteiger partial charge in [-0.1, -0.05) is 18.2 Å². The molecule has 2 aliphatic rings. The minimum Gasteiger partial charge on any atom is -0.377 e. The first kappa shape index (κ1) is 20.4. The number of aryl methyl sites for hydroxylation is 1. The second kappa shape index (κ2) is 8.85. The lowest BCUT2D eigenvalue weighted by molar-refractivity contribution is -0.131. The molecule has 0 unspecified atom stereocenters. The van der Waals surface area contributed by atoms with Crippen LogP contribution in [0.15, 0.2) is 58.5 Å². The number of nitrogens with one attached hydrogen (secondary N) is 1. The van der Waals surface area contributed by atoms with E-state index in [0.717, 1.165) is 50.8 Å².